The van der Waals surface area contributed by atoms with Crippen LogP contribution < -0.4 is 4.74 Å². The molecule has 0 unspecified atom stereocenters. The fourth-order valence-corrected chi connectivity index (χ4v) is 2.15. The maximum atomic E-state index is 10.3. The molecule has 0 aromatic carbocycles. The summed E-state index contributed by atoms with van der Waals surface area (Å²) in [4.78, 5) is 0. The second-order valence-corrected chi connectivity index (χ2v) is 5.02. The highest BCUT2D eigenvalue weighted by Crippen LogP contribution is 2.28. The monoisotopic (exact) mass is 236 g/mol. The fourth-order valence-electron chi connectivity index (χ4n) is 2.15. The van der Waals surface area contributed by atoms with Gasteiger partial charge in [0.2, 0.25) is 5.88 Å². The minimum Gasteiger partial charge on any atom is -0.474 e. The fraction of sp³-hybridized carbons (Fsp3) is 0.692. The summed E-state index contributed by atoms with van der Waals surface area (Å²) in [5, 5.41) is 18.3. The van der Waals surface area contributed by atoms with Crippen molar-refractivity contribution in [3.05, 3.63) is 17.3 Å². The minimum atomic E-state index is -0.668. The molecule has 0 aliphatic heterocycles. The van der Waals surface area contributed by atoms with E-state index in [-0.39, 0.29) is 0 Å². The molecule has 1 aliphatic rings. The molecule has 1 aliphatic carbocycles. The Balaban J connectivity index is 1.94. The van der Waals surface area contributed by atoms with Crippen LogP contribution in [0.15, 0.2) is 6.07 Å². The quantitative estimate of drug-likeness (QED) is 0.873. The predicted molar refractivity (Wildman–Crippen MR) is 65.0 cm³/mol. The van der Waals surface area contributed by atoms with E-state index in [0.29, 0.717) is 12.5 Å². The molecule has 1 aromatic rings. The smallest absolute Gasteiger partial charge is 0.233 e. The van der Waals surface area contributed by atoms with E-state index in [1.165, 1.54) is 6.42 Å². The van der Waals surface area contributed by atoms with Crippen molar-refractivity contribution in [2.45, 2.75) is 51.6 Å². The second kappa shape index (κ2) is 5.00. The number of aryl methyl sites for hydroxylation is 2. The Labute approximate surface area is 102 Å². The molecule has 0 bridgehead atoms. The number of rotatable bonds is 3. The Bertz CT molecular complexity index is 387. The zero-order valence-electron chi connectivity index (χ0n) is 10.6. The lowest BCUT2D eigenvalue weighted by Gasteiger charge is -2.31. The van der Waals surface area contributed by atoms with Gasteiger partial charge in [0.1, 0.15) is 6.61 Å². The molecular weight excluding hydrogens is 216 g/mol. The van der Waals surface area contributed by atoms with Gasteiger partial charge >= 0.3 is 0 Å². The molecule has 17 heavy (non-hydrogen) atoms. The topological polar surface area (TPSA) is 55.2 Å². The molecule has 2 rings (SSSR count). The van der Waals surface area contributed by atoms with Crippen molar-refractivity contribution >= 4 is 0 Å². The van der Waals surface area contributed by atoms with Crippen LogP contribution in [0.5, 0.6) is 5.88 Å². The van der Waals surface area contributed by atoms with Gasteiger partial charge in [0, 0.05) is 6.07 Å². The van der Waals surface area contributed by atoms with Gasteiger partial charge in [-0.1, -0.05) is 19.3 Å². The minimum absolute atomic E-state index is 0.324. The number of hydrogen-bond acceptors (Lipinski definition) is 4. The summed E-state index contributed by atoms with van der Waals surface area (Å²) >= 11 is 0. The molecule has 4 nitrogen and oxygen atoms in total. The third-order valence-corrected chi connectivity index (χ3v) is 3.48. The highest BCUT2D eigenvalue weighted by Gasteiger charge is 2.30. The number of nitrogens with zero attached hydrogens (tertiary/aromatic N) is 2. The SMILES string of the molecule is Cc1cc(OCC2(O)CCCCC2)nnc1C. The molecule has 0 saturated heterocycles. The number of ether oxygens (including phenoxy) is 1. The molecule has 1 fully saturated rings. The van der Waals surface area contributed by atoms with E-state index in [1.807, 2.05) is 19.9 Å². The Kier molecular flexibility index (Phi) is 3.62. The van der Waals surface area contributed by atoms with Crippen LogP contribution in [-0.2, 0) is 0 Å². The molecule has 94 valence electrons. The van der Waals surface area contributed by atoms with Crippen molar-refractivity contribution in [2.75, 3.05) is 6.61 Å². The van der Waals surface area contributed by atoms with Crippen LogP contribution in [0.2, 0.25) is 0 Å². The van der Waals surface area contributed by atoms with Gasteiger partial charge in [0.25, 0.3) is 0 Å². The Hall–Kier alpha value is -1.16. The van der Waals surface area contributed by atoms with Gasteiger partial charge in [-0.15, -0.1) is 5.10 Å². The van der Waals surface area contributed by atoms with Crippen molar-refractivity contribution in [3.8, 4) is 5.88 Å². The average Bonchev–Trinajstić information content (AvgIpc) is 2.32. The van der Waals surface area contributed by atoms with Gasteiger partial charge in [-0.25, -0.2) is 0 Å². The van der Waals surface area contributed by atoms with Crippen molar-refractivity contribution in [3.63, 3.8) is 0 Å². The first kappa shape index (κ1) is 12.3. The Morgan fingerprint density at radius 3 is 2.59 bits per heavy atom. The van der Waals surface area contributed by atoms with Crippen molar-refractivity contribution in [2.24, 2.45) is 0 Å². The second-order valence-electron chi connectivity index (χ2n) is 5.02. The lowest BCUT2D eigenvalue weighted by atomic mass is 9.86. The summed E-state index contributed by atoms with van der Waals surface area (Å²) in [7, 11) is 0. The summed E-state index contributed by atoms with van der Waals surface area (Å²) < 4.78 is 5.56. The Morgan fingerprint density at radius 2 is 1.94 bits per heavy atom. The summed E-state index contributed by atoms with van der Waals surface area (Å²) in [6.45, 7) is 4.22. The molecule has 0 atom stereocenters. The van der Waals surface area contributed by atoms with Gasteiger partial charge in [-0.2, -0.15) is 5.10 Å². The first-order chi connectivity index (χ1) is 8.09. The standard InChI is InChI=1S/C13H20N2O2/c1-10-8-12(15-14-11(10)2)17-9-13(16)6-4-3-5-7-13/h8,16H,3-7,9H2,1-2H3. The molecular formula is C13H20N2O2. The van der Waals surface area contributed by atoms with E-state index in [0.717, 1.165) is 36.9 Å². The van der Waals surface area contributed by atoms with Gasteiger partial charge in [0.15, 0.2) is 0 Å². The lowest BCUT2D eigenvalue weighted by molar-refractivity contribution is -0.0352. The predicted octanol–water partition coefficient (Wildman–Crippen LogP) is 2.17. The third-order valence-electron chi connectivity index (χ3n) is 3.48. The van der Waals surface area contributed by atoms with E-state index in [4.69, 9.17) is 4.74 Å². The first-order valence-electron chi connectivity index (χ1n) is 6.25. The highest BCUT2D eigenvalue weighted by atomic mass is 16.5. The zero-order chi connectivity index (χ0) is 12.3. The van der Waals surface area contributed by atoms with Gasteiger partial charge < -0.3 is 9.84 Å². The normalized spacial score (nSPS) is 19.0. The summed E-state index contributed by atoms with van der Waals surface area (Å²) in [6.07, 6.45) is 5.03. The summed E-state index contributed by atoms with van der Waals surface area (Å²) in [6, 6.07) is 1.87. The molecule has 1 heterocycles. The highest BCUT2D eigenvalue weighted by molar-refractivity contribution is 5.21. The number of hydrogen-bond donors (Lipinski definition) is 1. The number of aliphatic hydroxyl groups is 1. The maximum Gasteiger partial charge on any atom is 0.233 e. The number of aromatic nitrogens is 2. The maximum absolute atomic E-state index is 10.3. The third kappa shape index (κ3) is 3.16. The van der Waals surface area contributed by atoms with Crippen molar-refractivity contribution in [1.82, 2.24) is 10.2 Å². The van der Waals surface area contributed by atoms with Gasteiger partial charge in [0.05, 0.1) is 11.3 Å². The van der Waals surface area contributed by atoms with Crippen molar-refractivity contribution in [1.29, 1.82) is 0 Å². The molecule has 1 N–H and O–H groups in total. The molecule has 0 spiro atoms. The molecule has 1 saturated carbocycles. The van der Waals surface area contributed by atoms with E-state index in [9.17, 15) is 5.11 Å². The first-order valence-corrected chi connectivity index (χ1v) is 6.25. The van der Waals surface area contributed by atoms with E-state index in [2.05, 4.69) is 10.2 Å². The lowest BCUT2D eigenvalue weighted by Crippen LogP contribution is -2.38. The molecule has 0 radical (unpaired) electrons. The molecule has 1 aromatic heterocycles. The summed E-state index contributed by atoms with van der Waals surface area (Å²) in [5.74, 6) is 0.507. The largest absolute Gasteiger partial charge is 0.474 e. The van der Waals surface area contributed by atoms with E-state index < -0.39 is 5.60 Å². The van der Waals surface area contributed by atoms with Gasteiger partial charge in [-0.3, -0.25) is 0 Å². The van der Waals surface area contributed by atoms with Crippen LogP contribution in [0.4, 0.5) is 0 Å². The van der Waals surface area contributed by atoms with Crippen LogP contribution in [0, 0.1) is 13.8 Å². The van der Waals surface area contributed by atoms with Crippen LogP contribution in [-0.4, -0.2) is 27.5 Å². The molecule has 0 amide bonds. The van der Waals surface area contributed by atoms with E-state index in [1.54, 1.807) is 0 Å². The van der Waals surface area contributed by atoms with Crippen molar-refractivity contribution < 1.29 is 9.84 Å². The van der Waals surface area contributed by atoms with Crippen LogP contribution in [0.25, 0.3) is 0 Å². The Morgan fingerprint density at radius 1 is 1.24 bits per heavy atom. The summed E-state index contributed by atoms with van der Waals surface area (Å²) in [5.41, 5.74) is 1.30. The van der Waals surface area contributed by atoms with Gasteiger partial charge in [-0.05, 0) is 32.3 Å². The van der Waals surface area contributed by atoms with Crippen LogP contribution in [0.1, 0.15) is 43.4 Å². The average molecular weight is 236 g/mol. The zero-order valence-corrected chi connectivity index (χ0v) is 10.6. The van der Waals surface area contributed by atoms with Crippen LogP contribution in [0.3, 0.4) is 0 Å². The molecule has 4 heteroatoms. The van der Waals surface area contributed by atoms with E-state index >= 15 is 0 Å². The van der Waals surface area contributed by atoms with Crippen LogP contribution >= 0.6 is 0 Å².